The van der Waals surface area contributed by atoms with Crippen LogP contribution in [-0.2, 0) is 4.74 Å². The van der Waals surface area contributed by atoms with Crippen molar-refractivity contribution in [1.29, 1.82) is 0 Å². The Balaban J connectivity index is 1.30. The predicted octanol–water partition coefficient (Wildman–Crippen LogP) is 3.42. The summed E-state index contributed by atoms with van der Waals surface area (Å²) in [7, 11) is 0. The second-order valence-corrected chi connectivity index (χ2v) is 6.88. The maximum absolute atomic E-state index is 12.6. The van der Waals surface area contributed by atoms with E-state index in [4.69, 9.17) is 9.26 Å². The summed E-state index contributed by atoms with van der Waals surface area (Å²) in [5.41, 5.74) is 2.75. The fraction of sp³-hybridized carbons (Fsp3) is 0.190. The summed E-state index contributed by atoms with van der Waals surface area (Å²) in [6.07, 6.45) is 4.80. The molecule has 1 N–H and O–H groups in total. The van der Waals surface area contributed by atoms with Crippen LogP contribution in [0.4, 0.5) is 5.69 Å². The van der Waals surface area contributed by atoms with Crippen LogP contribution in [0.5, 0.6) is 0 Å². The molecule has 3 heterocycles. The quantitative estimate of drug-likeness (QED) is 0.545. The molecular weight excluding hydrogens is 384 g/mol. The number of benzene rings is 2. The third-order valence-electron chi connectivity index (χ3n) is 4.84. The van der Waals surface area contributed by atoms with Gasteiger partial charge in [-0.05, 0) is 49.2 Å². The normalized spacial score (nSPS) is 15.9. The first-order valence-corrected chi connectivity index (χ1v) is 9.58. The lowest BCUT2D eigenvalue weighted by Gasteiger charge is -2.07. The molecule has 9 nitrogen and oxygen atoms in total. The van der Waals surface area contributed by atoms with Crippen LogP contribution in [0.15, 0.2) is 65.7 Å². The zero-order valence-electron chi connectivity index (χ0n) is 15.9. The minimum absolute atomic E-state index is 0.130. The Labute approximate surface area is 171 Å². The highest BCUT2D eigenvalue weighted by atomic mass is 16.5. The first-order chi connectivity index (χ1) is 14.8. The monoisotopic (exact) mass is 402 g/mol. The lowest BCUT2D eigenvalue weighted by atomic mass is 10.1. The van der Waals surface area contributed by atoms with Gasteiger partial charge in [-0.2, -0.15) is 10.1 Å². The molecule has 0 saturated carbocycles. The molecule has 1 aliphatic heterocycles. The second kappa shape index (κ2) is 7.88. The second-order valence-electron chi connectivity index (χ2n) is 6.88. The lowest BCUT2D eigenvalue weighted by molar-refractivity contribution is 0.0835. The largest absolute Gasteiger partial charge is 0.368 e. The van der Waals surface area contributed by atoms with Crippen LogP contribution in [0, 0.1) is 0 Å². The van der Waals surface area contributed by atoms with Gasteiger partial charge in [-0.25, -0.2) is 9.67 Å². The Morgan fingerprint density at radius 1 is 1.17 bits per heavy atom. The highest BCUT2D eigenvalue weighted by molar-refractivity contribution is 6.04. The SMILES string of the molecule is O=C(Nc1cccc(-c2noc(C3CCCO3)n2)c1)c1ccc(-n2cncn2)cc1. The van der Waals surface area contributed by atoms with Gasteiger partial charge in [0.15, 0.2) is 0 Å². The lowest BCUT2D eigenvalue weighted by Crippen LogP contribution is -2.12. The molecule has 1 unspecified atom stereocenters. The van der Waals surface area contributed by atoms with Gasteiger partial charge >= 0.3 is 0 Å². The Kier molecular flexibility index (Phi) is 4.78. The van der Waals surface area contributed by atoms with E-state index in [0.29, 0.717) is 29.6 Å². The van der Waals surface area contributed by atoms with E-state index < -0.39 is 0 Å². The van der Waals surface area contributed by atoms with Crippen molar-refractivity contribution in [1.82, 2.24) is 24.9 Å². The zero-order valence-corrected chi connectivity index (χ0v) is 15.9. The van der Waals surface area contributed by atoms with Gasteiger partial charge < -0.3 is 14.6 Å². The molecule has 2 aromatic carbocycles. The van der Waals surface area contributed by atoms with E-state index in [0.717, 1.165) is 24.1 Å². The van der Waals surface area contributed by atoms with Gasteiger partial charge in [0.05, 0.1) is 5.69 Å². The topological polar surface area (TPSA) is 108 Å². The number of amides is 1. The van der Waals surface area contributed by atoms with Crippen LogP contribution in [-0.4, -0.2) is 37.4 Å². The van der Waals surface area contributed by atoms with E-state index in [1.54, 1.807) is 23.1 Å². The molecule has 0 radical (unpaired) electrons. The molecule has 0 aliphatic carbocycles. The van der Waals surface area contributed by atoms with Crippen molar-refractivity contribution < 1.29 is 14.1 Å². The molecule has 1 atom stereocenters. The minimum Gasteiger partial charge on any atom is -0.368 e. The van der Waals surface area contributed by atoms with Crippen LogP contribution in [0.25, 0.3) is 17.1 Å². The maximum Gasteiger partial charge on any atom is 0.256 e. The van der Waals surface area contributed by atoms with E-state index in [1.807, 2.05) is 36.4 Å². The highest BCUT2D eigenvalue weighted by Gasteiger charge is 2.24. The van der Waals surface area contributed by atoms with Crippen LogP contribution >= 0.6 is 0 Å². The van der Waals surface area contributed by atoms with Gasteiger partial charge in [0.25, 0.3) is 11.8 Å². The average molecular weight is 402 g/mol. The van der Waals surface area contributed by atoms with E-state index in [9.17, 15) is 4.79 Å². The number of aromatic nitrogens is 5. The van der Waals surface area contributed by atoms with Crippen LogP contribution in [0.2, 0.25) is 0 Å². The van der Waals surface area contributed by atoms with Crippen molar-refractivity contribution in [2.24, 2.45) is 0 Å². The number of hydrogen-bond acceptors (Lipinski definition) is 7. The zero-order chi connectivity index (χ0) is 20.3. The first-order valence-electron chi connectivity index (χ1n) is 9.58. The van der Waals surface area contributed by atoms with E-state index in [-0.39, 0.29) is 12.0 Å². The van der Waals surface area contributed by atoms with Gasteiger partial charge in [-0.3, -0.25) is 4.79 Å². The summed E-state index contributed by atoms with van der Waals surface area (Å²) < 4.78 is 12.6. The molecular formula is C21H18N6O3. The molecule has 5 rings (SSSR count). The smallest absolute Gasteiger partial charge is 0.256 e. The predicted molar refractivity (Wildman–Crippen MR) is 107 cm³/mol. The molecule has 1 aliphatic rings. The number of rotatable bonds is 5. The standard InChI is InChI=1S/C21H18N6O3/c28-20(14-6-8-17(9-7-14)27-13-22-12-23-27)24-16-4-1-3-15(11-16)19-25-21(30-26-19)18-5-2-10-29-18/h1,3-4,6-9,11-13,18H,2,5,10H2,(H,24,28). The summed E-state index contributed by atoms with van der Waals surface area (Å²) in [5.74, 6) is 0.739. The summed E-state index contributed by atoms with van der Waals surface area (Å²) in [6, 6.07) is 14.4. The fourth-order valence-corrected chi connectivity index (χ4v) is 3.30. The number of nitrogens with one attached hydrogen (secondary N) is 1. The van der Waals surface area contributed by atoms with Gasteiger partial charge in [0.1, 0.15) is 18.8 Å². The van der Waals surface area contributed by atoms with Crippen molar-refractivity contribution in [2.75, 3.05) is 11.9 Å². The number of hydrogen-bond donors (Lipinski definition) is 1. The van der Waals surface area contributed by atoms with Gasteiger partial charge in [0, 0.05) is 23.4 Å². The molecule has 4 aromatic rings. The summed E-state index contributed by atoms with van der Waals surface area (Å²) in [4.78, 5) is 21.0. The van der Waals surface area contributed by atoms with Crippen LogP contribution in [0.1, 0.15) is 35.2 Å². The number of carbonyl (C=O) groups is 1. The molecule has 1 amide bonds. The minimum atomic E-state index is -0.217. The summed E-state index contributed by atoms with van der Waals surface area (Å²) in [5, 5.41) is 11.0. The Hall–Kier alpha value is -3.85. The number of nitrogens with zero attached hydrogens (tertiary/aromatic N) is 5. The molecule has 1 saturated heterocycles. The van der Waals surface area contributed by atoms with E-state index in [1.165, 1.54) is 6.33 Å². The van der Waals surface area contributed by atoms with Gasteiger partial charge in [-0.1, -0.05) is 17.3 Å². The molecule has 1 fully saturated rings. The van der Waals surface area contributed by atoms with Crippen molar-refractivity contribution in [3.8, 4) is 17.1 Å². The Bertz CT molecular complexity index is 1150. The van der Waals surface area contributed by atoms with Crippen LogP contribution in [0.3, 0.4) is 0 Å². The molecule has 2 aromatic heterocycles. The number of anilines is 1. The number of ether oxygens (including phenoxy) is 1. The highest BCUT2D eigenvalue weighted by Crippen LogP contribution is 2.29. The van der Waals surface area contributed by atoms with Crippen molar-refractivity contribution >= 4 is 11.6 Å². The third kappa shape index (κ3) is 3.70. The van der Waals surface area contributed by atoms with Gasteiger partial charge in [-0.15, -0.1) is 0 Å². The molecule has 0 bridgehead atoms. The fourth-order valence-electron chi connectivity index (χ4n) is 3.30. The summed E-state index contributed by atoms with van der Waals surface area (Å²) >= 11 is 0. The Morgan fingerprint density at radius 3 is 2.83 bits per heavy atom. The number of carbonyl (C=O) groups excluding carboxylic acids is 1. The third-order valence-corrected chi connectivity index (χ3v) is 4.84. The van der Waals surface area contributed by atoms with Crippen molar-refractivity contribution in [3.05, 3.63) is 72.6 Å². The van der Waals surface area contributed by atoms with E-state index in [2.05, 4.69) is 25.5 Å². The first kappa shape index (κ1) is 18.2. The molecule has 30 heavy (non-hydrogen) atoms. The molecule has 9 heteroatoms. The Morgan fingerprint density at radius 2 is 2.07 bits per heavy atom. The van der Waals surface area contributed by atoms with Crippen LogP contribution < -0.4 is 5.32 Å². The van der Waals surface area contributed by atoms with Crippen molar-refractivity contribution in [3.63, 3.8) is 0 Å². The van der Waals surface area contributed by atoms with E-state index >= 15 is 0 Å². The maximum atomic E-state index is 12.6. The van der Waals surface area contributed by atoms with Gasteiger partial charge in [0.2, 0.25) is 5.82 Å². The summed E-state index contributed by atoms with van der Waals surface area (Å²) in [6.45, 7) is 0.712. The molecule has 150 valence electrons. The van der Waals surface area contributed by atoms with Crippen molar-refractivity contribution in [2.45, 2.75) is 18.9 Å². The average Bonchev–Trinajstić information content (AvgIpc) is 3.56. The molecule has 0 spiro atoms.